The fourth-order valence-electron chi connectivity index (χ4n) is 3.12. The molecule has 0 unspecified atom stereocenters. The van der Waals surface area contributed by atoms with Gasteiger partial charge in [0.25, 0.3) is 15.9 Å². The van der Waals surface area contributed by atoms with Crippen LogP contribution in [0.2, 0.25) is 5.02 Å². The van der Waals surface area contributed by atoms with Crippen molar-refractivity contribution in [3.05, 3.63) is 59.1 Å². The summed E-state index contributed by atoms with van der Waals surface area (Å²) in [6, 6.07) is 11.2. The maximum absolute atomic E-state index is 12.9. The van der Waals surface area contributed by atoms with E-state index < -0.39 is 28.0 Å². The van der Waals surface area contributed by atoms with Gasteiger partial charge in [0.15, 0.2) is 0 Å². The van der Waals surface area contributed by atoms with Crippen LogP contribution in [0.25, 0.3) is 0 Å². The van der Waals surface area contributed by atoms with E-state index in [1.807, 2.05) is 0 Å². The molecule has 1 fully saturated rings. The Balaban J connectivity index is 1.72. The molecule has 156 valence electrons. The Labute approximate surface area is 171 Å². The lowest BCUT2D eigenvalue weighted by Gasteiger charge is -2.33. The third kappa shape index (κ3) is 5.22. The van der Waals surface area contributed by atoms with Crippen LogP contribution >= 0.6 is 11.6 Å². The summed E-state index contributed by atoms with van der Waals surface area (Å²) in [6.45, 7) is -0.149. The number of benzene rings is 2. The average Bonchev–Trinajstić information content (AvgIpc) is 2.68. The molecule has 0 bridgehead atoms. The van der Waals surface area contributed by atoms with Gasteiger partial charge in [0.05, 0.1) is 10.8 Å². The van der Waals surface area contributed by atoms with Gasteiger partial charge in [-0.05, 0) is 61.4 Å². The van der Waals surface area contributed by atoms with E-state index in [1.165, 1.54) is 48.5 Å². The summed E-state index contributed by atoms with van der Waals surface area (Å²) < 4.78 is 66.1. The van der Waals surface area contributed by atoms with E-state index >= 15 is 0 Å². The minimum absolute atomic E-state index is 0.000822. The zero-order valence-corrected chi connectivity index (χ0v) is 16.7. The van der Waals surface area contributed by atoms with Gasteiger partial charge in [-0.3, -0.25) is 9.52 Å². The zero-order chi connectivity index (χ0) is 21.2. The predicted octanol–water partition coefficient (Wildman–Crippen LogP) is 4.56. The molecular weight excluding hydrogens is 429 g/mol. The van der Waals surface area contributed by atoms with E-state index in [4.69, 9.17) is 11.6 Å². The van der Waals surface area contributed by atoms with Crippen molar-refractivity contribution in [3.8, 4) is 0 Å². The Morgan fingerprint density at radius 1 is 1.07 bits per heavy atom. The number of piperidine rings is 1. The predicted molar refractivity (Wildman–Crippen MR) is 103 cm³/mol. The number of anilines is 1. The standard InChI is InChI=1S/C19H18ClF3N2O3S/c20-15-5-7-16(8-6-15)24-29(27,28)17-9-3-13(4-10-17)18(26)25-11-1-2-14(12-25)19(21,22)23/h3-10,14,24H,1-2,11-12H2/t14-/m0/s1. The van der Waals surface area contributed by atoms with Crippen LogP contribution < -0.4 is 4.72 Å². The number of carbonyl (C=O) groups is 1. The van der Waals surface area contributed by atoms with E-state index in [0.717, 1.165) is 4.90 Å². The molecule has 0 spiro atoms. The van der Waals surface area contributed by atoms with E-state index in [0.29, 0.717) is 10.7 Å². The van der Waals surface area contributed by atoms with Crippen LogP contribution in [0.15, 0.2) is 53.4 Å². The second-order valence-corrected chi connectivity index (χ2v) is 8.89. The maximum atomic E-state index is 12.9. The number of hydrogen-bond acceptors (Lipinski definition) is 3. The normalized spacial score (nSPS) is 17.8. The number of rotatable bonds is 4. The van der Waals surface area contributed by atoms with Crippen LogP contribution in [0.5, 0.6) is 0 Å². The second kappa shape index (κ2) is 8.23. The van der Waals surface area contributed by atoms with Crippen LogP contribution in [0.3, 0.4) is 0 Å². The molecule has 2 aromatic carbocycles. The van der Waals surface area contributed by atoms with Crippen molar-refractivity contribution in [1.82, 2.24) is 4.90 Å². The molecule has 2 aromatic rings. The number of halogens is 4. The summed E-state index contributed by atoms with van der Waals surface area (Å²) in [4.78, 5) is 13.6. The number of carbonyl (C=O) groups excluding carboxylic acids is 1. The molecule has 0 radical (unpaired) electrons. The van der Waals surface area contributed by atoms with Gasteiger partial charge < -0.3 is 4.90 Å². The van der Waals surface area contributed by atoms with Crippen molar-refractivity contribution in [1.29, 1.82) is 0 Å². The molecule has 0 aromatic heterocycles. The first kappa shape index (κ1) is 21.4. The first-order valence-electron chi connectivity index (χ1n) is 8.81. The molecule has 1 N–H and O–H groups in total. The Bertz CT molecular complexity index is 977. The first-order valence-corrected chi connectivity index (χ1v) is 10.7. The molecule has 1 saturated heterocycles. The SMILES string of the molecule is O=C(c1ccc(S(=O)(=O)Nc2ccc(Cl)cc2)cc1)N1CCC[C@H](C(F)(F)F)C1. The first-order chi connectivity index (χ1) is 13.6. The van der Waals surface area contributed by atoms with Crippen LogP contribution in [0.1, 0.15) is 23.2 Å². The largest absolute Gasteiger partial charge is 0.393 e. The quantitative estimate of drug-likeness (QED) is 0.749. The van der Waals surface area contributed by atoms with Crippen molar-refractivity contribution >= 4 is 33.2 Å². The number of alkyl halides is 3. The lowest BCUT2D eigenvalue weighted by molar-refractivity contribution is -0.184. The molecule has 0 aliphatic carbocycles. The molecule has 1 atom stereocenters. The highest BCUT2D eigenvalue weighted by Crippen LogP contribution is 2.33. The summed E-state index contributed by atoms with van der Waals surface area (Å²) >= 11 is 5.77. The van der Waals surface area contributed by atoms with Gasteiger partial charge in [-0.2, -0.15) is 13.2 Å². The van der Waals surface area contributed by atoms with Gasteiger partial charge in [0.1, 0.15) is 0 Å². The summed E-state index contributed by atoms with van der Waals surface area (Å²) in [5.74, 6) is -2.09. The molecule has 29 heavy (non-hydrogen) atoms. The van der Waals surface area contributed by atoms with Crippen molar-refractivity contribution in [2.45, 2.75) is 23.9 Å². The summed E-state index contributed by atoms with van der Waals surface area (Å²) in [6.07, 6.45) is -4.07. The molecule has 5 nitrogen and oxygen atoms in total. The van der Waals surface area contributed by atoms with E-state index in [2.05, 4.69) is 4.72 Å². The summed E-state index contributed by atoms with van der Waals surface area (Å²) in [5, 5.41) is 0.460. The van der Waals surface area contributed by atoms with E-state index in [1.54, 1.807) is 0 Å². The third-order valence-electron chi connectivity index (χ3n) is 4.68. The molecule has 1 aliphatic heterocycles. The van der Waals surface area contributed by atoms with Crippen molar-refractivity contribution < 1.29 is 26.4 Å². The summed E-state index contributed by atoms with van der Waals surface area (Å²) in [5.41, 5.74) is 0.458. The summed E-state index contributed by atoms with van der Waals surface area (Å²) in [7, 11) is -3.89. The van der Waals surface area contributed by atoms with Crippen molar-refractivity contribution in [3.63, 3.8) is 0 Å². The fraction of sp³-hybridized carbons (Fsp3) is 0.316. The van der Waals surface area contributed by atoms with Gasteiger partial charge in [0.2, 0.25) is 0 Å². The van der Waals surface area contributed by atoms with E-state index in [-0.39, 0.29) is 36.4 Å². The van der Waals surface area contributed by atoms with Crippen LogP contribution in [0.4, 0.5) is 18.9 Å². The Morgan fingerprint density at radius 3 is 2.28 bits per heavy atom. The number of sulfonamides is 1. The average molecular weight is 447 g/mol. The van der Waals surface area contributed by atoms with Crippen LogP contribution in [-0.4, -0.2) is 38.5 Å². The smallest absolute Gasteiger partial charge is 0.338 e. The Kier molecular flexibility index (Phi) is 6.09. The van der Waals surface area contributed by atoms with Crippen molar-refractivity contribution in [2.75, 3.05) is 17.8 Å². The molecule has 0 saturated carbocycles. The molecule has 1 amide bonds. The van der Waals surface area contributed by atoms with Gasteiger partial charge in [-0.25, -0.2) is 8.42 Å². The van der Waals surface area contributed by atoms with Gasteiger partial charge >= 0.3 is 6.18 Å². The number of nitrogens with one attached hydrogen (secondary N) is 1. The van der Waals surface area contributed by atoms with Crippen molar-refractivity contribution in [2.24, 2.45) is 5.92 Å². The lowest BCUT2D eigenvalue weighted by atomic mass is 9.97. The highest BCUT2D eigenvalue weighted by atomic mass is 35.5. The molecule has 1 aliphatic rings. The molecule has 3 rings (SSSR count). The van der Waals surface area contributed by atoms with E-state index in [9.17, 15) is 26.4 Å². The number of amides is 1. The monoisotopic (exact) mass is 446 g/mol. The number of hydrogen-bond donors (Lipinski definition) is 1. The number of nitrogens with zero attached hydrogens (tertiary/aromatic N) is 1. The fourth-order valence-corrected chi connectivity index (χ4v) is 4.30. The maximum Gasteiger partial charge on any atom is 0.393 e. The molecule has 1 heterocycles. The topological polar surface area (TPSA) is 66.5 Å². The molecule has 10 heteroatoms. The second-order valence-electron chi connectivity index (χ2n) is 6.77. The minimum atomic E-state index is -4.34. The van der Waals surface area contributed by atoms with Gasteiger partial charge in [-0.1, -0.05) is 11.6 Å². The Morgan fingerprint density at radius 2 is 1.69 bits per heavy atom. The third-order valence-corrected chi connectivity index (χ3v) is 6.33. The Hall–Kier alpha value is -2.26. The van der Waals surface area contributed by atoms with Gasteiger partial charge in [0, 0.05) is 29.4 Å². The van der Waals surface area contributed by atoms with Crippen LogP contribution in [0, 0.1) is 5.92 Å². The zero-order valence-electron chi connectivity index (χ0n) is 15.1. The van der Waals surface area contributed by atoms with Gasteiger partial charge in [-0.15, -0.1) is 0 Å². The highest BCUT2D eigenvalue weighted by Gasteiger charge is 2.42. The number of likely N-dealkylation sites (tertiary alicyclic amines) is 1. The highest BCUT2D eigenvalue weighted by molar-refractivity contribution is 7.92. The lowest BCUT2D eigenvalue weighted by Crippen LogP contribution is -2.44. The minimum Gasteiger partial charge on any atom is -0.338 e. The molecular formula is C19H18ClF3N2O3S. The van der Waals surface area contributed by atoms with Crippen LogP contribution in [-0.2, 0) is 10.0 Å².